The normalized spacial score (nSPS) is 23.4. The Morgan fingerprint density at radius 1 is 1.07 bits per heavy atom. The molecule has 1 fully saturated rings. The molecule has 2 aliphatic heterocycles. The first-order valence-corrected chi connectivity index (χ1v) is 10.5. The molecular weight excluding hydrogens is 361 g/mol. The summed E-state index contributed by atoms with van der Waals surface area (Å²) in [5.41, 5.74) is 5.69. The maximum atomic E-state index is 13.5. The summed E-state index contributed by atoms with van der Waals surface area (Å²) in [7, 11) is 0. The summed E-state index contributed by atoms with van der Waals surface area (Å²) in [4.78, 5) is 10.2. The first-order chi connectivity index (χ1) is 14.2. The fourth-order valence-electron chi connectivity index (χ4n) is 4.97. The second-order valence-corrected chi connectivity index (χ2v) is 8.28. The van der Waals surface area contributed by atoms with E-state index < -0.39 is 0 Å². The number of nitrogens with zero attached hydrogens (tertiary/aromatic N) is 2. The highest BCUT2D eigenvalue weighted by Gasteiger charge is 2.34. The lowest BCUT2D eigenvalue weighted by atomic mass is 9.85. The maximum Gasteiger partial charge on any atom is 0.123 e. The Hall–Kier alpha value is -2.88. The van der Waals surface area contributed by atoms with Gasteiger partial charge in [-0.15, -0.1) is 0 Å². The summed E-state index contributed by atoms with van der Waals surface area (Å²) in [5.74, 6) is 0.970. The Bertz CT molecular complexity index is 1010. The van der Waals surface area contributed by atoms with E-state index in [-0.39, 0.29) is 5.82 Å². The Labute approximate surface area is 171 Å². The van der Waals surface area contributed by atoms with E-state index in [1.807, 2.05) is 24.5 Å². The third-order valence-corrected chi connectivity index (χ3v) is 6.57. The van der Waals surface area contributed by atoms with Crippen molar-refractivity contribution in [2.45, 2.75) is 38.1 Å². The van der Waals surface area contributed by atoms with Crippen molar-refractivity contribution in [1.29, 1.82) is 0 Å². The lowest BCUT2D eigenvalue weighted by Gasteiger charge is -2.31. The molecule has 148 valence electrons. The molecule has 0 amide bonds. The van der Waals surface area contributed by atoms with Crippen LogP contribution >= 0.6 is 0 Å². The number of nitrogens with one attached hydrogen (secondary N) is 1. The van der Waals surface area contributed by atoms with Gasteiger partial charge in [-0.25, -0.2) is 4.39 Å². The van der Waals surface area contributed by atoms with E-state index in [1.54, 1.807) is 0 Å². The van der Waals surface area contributed by atoms with Gasteiger partial charge in [0.2, 0.25) is 0 Å². The number of benzene rings is 1. The molecule has 1 unspecified atom stereocenters. The largest absolute Gasteiger partial charge is 0.374 e. The average molecular weight is 388 g/mol. The lowest BCUT2D eigenvalue weighted by molar-refractivity contribution is 0.303. The van der Waals surface area contributed by atoms with Crippen LogP contribution in [0.1, 0.15) is 37.7 Å². The SMILES string of the molecule is CC[C@@H]1C[C@H]2CC(c3c[nH]c(-c4ccc(F)cc4)c3-c3ccncc3)C=CN2C1. The molecule has 1 saturated heterocycles. The highest BCUT2D eigenvalue weighted by Crippen LogP contribution is 2.43. The molecule has 1 aromatic carbocycles. The standard InChI is InChI=1S/C25H26FN3/c1-2-17-13-22-14-20(9-12-29(22)16-17)23-15-28-25(19-3-5-21(26)6-4-19)24(23)18-7-10-27-11-8-18/h3-12,15,17,20,22,28H,2,13-14,16H2,1H3/t17-,20?,22+/m1/s1. The number of hydrogen-bond donors (Lipinski definition) is 1. The van der Waals surface area contributed by atoms with Crippen molar-refractivity contribution >= 4 is 0 Å². The van der Waals surface area contributed by atoms with Crippen molar-refractivity contribution in [3.8, 4) is 22.4 Å². The quantitative estimate of drug-likeness (QED) is 0.597. The second-order valence-electron chi connectivity index (χ2n) is 8.28. The fraction of sp³-hybridized carbons (Fsp3) is 0.320. The number of pyridine rings is 1. The highest BCUT2D eigenvalue weighted by molar-refractivity contribution is 5.84. The van der Waals surface area contributed by atoms with Crippen LogP contribution in [0.4, 0.5) is 4.39 Å². The van der Waals surface area contributed by atoms with Crippen LogP contribution in [-0.4, -0.2) is 27.5 Å². The van der Waals surface area contributed by atoms with Crippen molar-refractivity contribution < 1.29 is 4.39 Å². The molecule has 1 N–H and O–H groups in total. The predicted molar refractivity (Wildman–Crippen MR) is 115 cm³/mol. The topological polar surface area (TPSA) is 31.9 Å². The van der Waals surface area contributed by atoms with Crippen LogP contribution in [0.5, 0.6) is 0 Å². The third kappa shape index (κ3) is 3.37. The van der Waals surface area contributed by atoms with Gasteiger partial charge >= 0.3 is 0 Å². The van der Waals surface area contributed by atoms with E-state index in [9.17, 15) is 4.39 Å². The molecule has 0 radical (unpaired) electrons. The minimum atomic E-state index is -0.215. The Morgan fingerprint density at radius 3 is 2.62 bits per heavy atom. The van der Waals surface area contributed by atoms with Gasteiger partial charge in [0.25, 0.3) is 0 Å². The Morgan fingerprint density at radius 2 is 1.86 bits per heavy atom. The van der Waals surface area contributed by atoms with E-state index in [0.29, 0.717) is 12.0 Å². The first kappa shape index (κ1) is 18.2. The van der Waals surface area contributed by atoms with Gasteiger partial charge in [-0.3, -0.25) is 4.98 Å². The first-order valence-electron chi connectivity index (χ1n) is 10.5. The zero-order valence-electron chi connectivity index (χ0n) is 16.7. The summed E-state index contributed by atoms with van der Waals surface area (Å²) < 4.78 is 13.5. The van der Waals surface area contributed by atoms with E-state index in [4.69, 9.17) is 0 Å². The van der Waals surface area contributed by atoms with Crippen LogP contribution < -0.4 is 0 Å². The van der Waals surface area contributed by atoms with Crippen LogP contribution in [0.3, 0.4) is 0 Å². The molecule has 4 heteroatoms. The van der Waals surface area contributed by atoms with Crippen LogP contribution in [0.15, 0.2) is 67.3 Å². The summed E-state index contributed by atoms with van der Waals surface area (Å²) >= 11 is 0. The predicted octanol–water partition coefficient (Wildman–Crippen LogP) is 5.98. The van der Waals surface area contributed by atoms with Crippen LogP contribution in [0, 0.1) is 11.7 Å². The number of allylic oxidation sites excluding steroid dienone is 1. The summed E-state index contributed by atoms with van der Waals surface area (Å²) in [5, 5.41) is 0. The van der Waals surface area contributed by atoms with Gasteiger partial charge in [-0.05, 0) is 78.0 Å². The molecule has 0 aliphatic carbocycles. The number of rotatable bonds is 4. The molecule has 0 saturated carbocycles. The van der Waals surface area contributed by atoms with Crippen molar-refractivity contribution in [3.05, 3.63) is 78.6 Å². The zero-order chi connectivity index (χ0) is 19.8. The molecule has 29 heavy (non-hydrogen) atoms. The lowest BCUT2D eigenvalue weighted by Crippen LogP contribution is -2.29. The minimum absolute atomic E-state index is 0.215. The number of aromatic amines is 1. The molecule has 0 bridgehead atoms. The Balaban J connectivity index is 1.56. The summed E-state index contributed by atoms with van der Waals surface area (Å²) in [6.45, 7) is 3.49. The summed E-state index contributed by atoms with van der Waals surface area (Å²) in [6, 6.07) is 11.5. The molecule has 2 aromatic heterocycles. The molecule has 3 nitrogen and oxygen atoms in total. The second kappa shape index (κ2) is 7.51. The number of halogens is 1. The smallest absolute Gasteiger partial charge is 0.123 e. The van der Waals surface area contributed by atoms with E-state index in [2.05, 4.69) is 52.4 Å². The molecule has 5 rings (SSSR count). The minimum Gasteiger partial charge on any atom is -0.374 e. The van der Waals surface area contributed by atoms with Gasteiger partial charge in [0.05, 0.1) is 5.69 Å². The average Bonchev–Trinajstić information content (AvgIpc) is 3.38. The van der Waals surface area contributed by atoms with Crippen LogP contribution in [0.2, 0.25) is 0 Å². The van der Waals surface area contributed by atoms with Gasteiger partial charge in [0, 0.05) is 42.7 Å². The van der Waals surface area contributed by atoms with Crippen LogP contribution in [0.25, 0.3) is 22.4 Å². The van der Waals surface area contributed by atoms with Gasteiger partial charge in [0.1, 0.15) is 5.82 Å². The van der Waals surface area contributed by atoms with E-state index >= 15 is 0 Å². The van der Waals surface area contributed by atoms with Gasteiger partial charge in [-0.1, -0.05) is 19.4 Å². The van der Waals surface area contributed by atoms with Crippen LogP contribution in [-0.2, 0) is 0 Å². The molecule has 3 atom stereocenters. The number of H-pyrrole nitrogens is 1. The van der Waals surface area contributed by atoms with Crippen molar-refractivity contribution in [2.24, 2.45) is 5.92 Å². The monoisotopic (exact) mass is 387 g/mol. The van der Waals surface area contributed by atoms with E-state index in [1.165, 1.54) is 42.6 Å². The fourth-order valence-corrected chi connectivity index (χ4v) is 4.97. The number of hydrogen-bond acceptors (Lipinski definition) is 2. The molecular formula is C25H26FN3. The molecule has 4 heterocycles. The molecule has 2 aliphatic rings. The van der Waals surface area contributed by atoms with Crippen molar-refractivity contribution in [1.82, 2.24) is 14.9 Å². The zero-order valence-corrected chi connectivity index (χ0v) is 16.7. The van der Waals surface area contributed by atoms with Crippen molar-refractivity contribution in [2.75, 3.05) is 6.54 Å². The highest BCUT2D eigenvalue weighted by atomic mass is 19.1. The van der Waals surface area contributed by atoms with E-state index in [0.717, 1.165) is 29.2 Å². The van der Waals surface area contributed by atoms with Gasteiger partial charge in [0.15, 0.2) is 0 Å². The number of fused-ring (bicyclic) bond motifs is 1. The summed E-state index contributed by atoms with van der Waals surface area (Å²) in [6.07, 6.45) is 14.2. The maximum absolute atomic E-state index is 13.5. The third-order valence-electron chi connectivity index (χ3n) is 6.57. The molecule has 3 aromatic rings. The molecule has 0 spiro atoms. The van der Waals surface area contributed by atoms with Gasteiger partial charge < -0.3 is 9.88 Å². The van der Waals surface area contributed by atoms with Crippen molar-refractivity contribution in [3.63, 3.8) is 0 Å². The number of aromatic nitrogens is 2. The van der Waals surface area contributed by atoms with Gasteiger partial charge in [-0.2, -0.15) is 0 Å². The Kier molecular flexibility index (Phi) is 4.70.